The van der Waals surface area contributed by atoms with Gasteiger partial charge in [-0.2, -0.15) is 0 Å². The number of carbonyl (C=O) groups is 1. The number of benzene rings is 1. The molecule has 1 aromatic rings. The van der Waals surface area contributed by atoms with E-state index in [9.17, 15) is 9.18 Å². The van der Waals surface area contributed by atoms with Crippen LogP contribution in [0.25, 0.3) is 0 Å². The maximum atomic E-state index is 13.4. The first-order valence-electron chi connectivity index (χ1n) is 5.10. The fourth-order valence-corrected chi connectivity index (χ4v) is 1.58. The minimum absolute atomic E-state index is 0.225. The van der Waals surface area contributed by atoms with Crippen molar-refractivity contribution >= 4 is 11.6 Å². The van der Waals surface area contributed by atoms with Crippen LogP contribution in [0.2, 0.25) is 0 Å². The molecule has 0 aliphatic carbocycles. The third-order valence-electron chi connectivity index (χ3n) is 2.61. The van der Waals surface area contributed by atoms with Crippen LogP contribution in [0.1, 0.15) is 22.3 Å². The third kappa shape index (κ3) is 1.86. The summed E-state index contributed by atoms with van der Waals surface area (Å²) in [6.45, 7) is 2.63. The quantitative estimate of drug-likeness (QED) is 0.735. The lowest BCUT2D eigenvalue weighted by molar-refractivity contribution is -0.0768. The van der Waals surface area contributed by atoms with E-state index >= 15 is 0 Å². The number of nitrogens with two attached hydrogens (primary N) is 1. The average molecular weight is 224 g/mol. The second kappa shape index (κ2) is 4.09. The van der Waals surface area contributed by atoms with Crippen molar-refractivity contribution in [3.8, 4) is 0 Å². The monoisotopic (exact) mass is 224 g/mol. The summed E-state index contributed by atoms with van der Waals surface area (Å²) < 4.78 is 13.4. The Balaban J connectivity index is 2.29. The molecule has 2 rings (SSSR count). The van der Waals surface area contributed by atoms with Crippen molar-refractivity contribution < 1.29 is 14.0 Å². The van der Waals surface area contributed by atoms with Gasteiger partial charge in [0.2, 0.25) is 0 Å². The molecular formula is C11H13FN2O2. The molecular weight excluding hydrogens is 211 g/mol. The van der Waals surface area contributed by atoms with Crippen molar-refractivity contribution in [2.75, 3.05) is 18.9 Å². The van der Waals surface area contributed by atoms with Gasteiger partial charge < -0.3 is 5.73 Å². The SMILES string of the molecule is Cc1c(N)cc(C(=O)N2CCCO2)cc1F. The lowest BCUT2D eigenvalue weighted by Gasteiger charge is -2.14. The van der Waals surface area contributed by atoms with E-state index < -0.39 is 5.82 Å². The van der Waals surface area contributed by atoms with Crippen molar-refractivity contribution in [1.82, 2.24) is 5.06 Å². The first-order chi connectivity index (χ1) is 7.59. The smallest absolute Gasteiger partial charge is 0.277 e. The Kier molecular flexibility index (Phi) is 2.78. The standard InChI is InChI=1S/C11H13FN2O2/c1-7-9(12)5-8(6-10(7)13)11(15)14-3-2-4-16-14/h5-6H,2-4,13H2,1H3. The Morgan fingerprint density at radius 2 is 2.31 bits per heavy atom. The summed E-state index contributed by atoms with van der Waals surface area (Å²) >= 11 is 0. The van der Waals surface area contributed by atoms with Crippen LogP contribution >= 0.6 is 0 Å². The number of amides is 1. The van der Waals surface area contributed by atoms with E-state index in [0.29, 0.717) is 18.7 Å². The second-order valence-electron chi connectivity index (χ2n) is 3.77. The molecule has 0 saturated carbocycles. The van der Waals surface area contributed by atoms with Crippen LogP contribution in [-0.4, -0.2) is 24.1 Å². The second-order valence-corrected chi connectivity index (χ2v) is 3.77. The Labute approximate surface area is 92.7 Å². The lowest BCUT2D eigenvalue weighted by atomic mass is 10.1. The van der Waals surface area contributed by atoms with E-state index in [1.54, 1.807) is 6.92 Å². The number of hydroxylamine groups is 2. The first-order valence-corrected chi connectivity index (χ1v) is 5.10. The fraction of sp³-hybridized carbons (Fsp3) is 0.364. The Morgan fingerprint density at radius 1 is 1.56 bits per heavy atom. The molecule has 1 aliphatic rings. The predicted molar refractivity (Wildman–Crippen MR) is 57.2 cm³/mol. The maximum Gasteiger partial charge on any atom is 0.277 e. The predicted octanol–water partition coefficient (Wildman–Crippen LogP) is 1.49. The Morgan fingerprint density at radius 3 is 2.88 bits per heavy atom. The van der Waals surface area contributed by atoms with Crippen molar-refractivity contribution in [2.45, 2.75) is 13.3 Å². The van der Waals surface area contributed by atoms with Crippen LogP contribution in [0.15, 0.2) is 12.1 Å². The van der Waals surface area contributed by atoms with Gasteiger partial charge in [0.15, 0.2) is 0 Å². The molecule has 0 atom stereocenters. The molecule has 4 nitrogen and oxygen atoms in total. The number of carbonyl (C=O) groups excluding carboxylic acids is 1. The molecule has 1 amide bonds. The van der Waals surface area contributed by atoms with Crippen LogP contribution < -0.4 is 5.73 Å². The highest BCUT2D eigenvalue weighted by atomic mass is 19.1. The van der Waals surface area contributed by atoms with Gasteiger partial charge in [0.05, 0.1) is 13.2 Å². The molecule has 1 fully saturated rings. The van der Waals surface area contributed by atoms with Crippen LogP contribution in [0, 0.1) is 12.7 Å². The zero-order valence-corrected chi connectivity index (χ0v) is 9.00. The van der Waals surface area contributed by atoms with E-state index in [0.717, 1.165) is 6.42 Å². The summed E-state index contributed by atoms with van der Waals surface area (Å²) in [5, 5.41) is 1.24. The number of hydrogen-bond acceptors (Lipinski definition) is 3. The molecule has 1 aromatic carbocycles. The van der Waals surface area contributed by atoms with Gasteiger partial charge in [0.25, 0.3) is 5.91 Å². The number of nitrogen functional groups attached to an aromatic ring is 1. The minimum atomic E-state index is -0.470. The van der Waals surface area contributed by atoms with Gasteiger partial charge in [0, 0.05) is 16.8 Å². The van der Waals surface area contributed by atoms with E-state index in [2.05, 4.69) is 0 Å². The Bertz CT molecular complexity index is 405. The highest BCUT2D eigenvalue weighted by molar-refractivity contribution is 5.94. The molecule has 0 radical (unpaired) electrons. The van der Waals surface area contributed by atoms with E-state index in [1.165, 1.54) is 17.2 Å². The van der Waals surface area contributed by atoms with Crippen molar-refractivity contribution in [3.05, 3.63) is 29.1 Å². The molecule has 0 aromatic heterocycles. The summed E-state index contributed by atoms with van der Waals surface area (Å²) in [7, 11) is 0. The average Bonchev–Trinajstić information content (AvgIpc) is 2.77. The fourth-order valence-electron chi connectivity index (χ4n) is 1.58. The zero-order chi connectivity index (χ0) is 11.7. The number of anilines is 1. The minimum Gasteiger partial charge on any atom is -0.398 e. The molecule has 2 N–H and O–H groups in total. The number of nitrogens with zero attached hydrogens (tertiary/aromatic N) is 1. The molecule has 0 unspecified atom stereocenters. The lowest BCUT2D eigenvalue weighted by Crippen LogP contribution is -2.26. The van der Waals surface area contributed by atoms with Gasteiger partial charge in [-0.05, 0) is 25.5 Å². The normalized spacial score (nSPS) is 15.5. The van der Waals surface area contributed by atoms with Crippen molar-refractivity contribution in [2.24, 2.45) is 0 Å². The summed E-state index contributed by atoms with van der Waals surface area (Å²) in [6, 6.07) is 2.66. The highest BCUT2D eigenvalue weighted by Gasteiger charge is 2.22. The van der Waals surface area contributed by atoms with Gasteiger partial charge in [-0.1, -0.05) is 0 Å². The molecule has 5 heteroatoms. The van der Waals surface area contributed by atoms with E-state index in [1.807, 2.05) is 0 Å². The molecule has 1 heterocycles. The highest BCUT2D eigenvalue weighted by Crippen LogP contribution is 2.20. The van der Waals surface area contributed by atoms with Crippen molar-refractivity contribution in [3.63, 3.8) is 0 Å². The number of rotatable bonds is 1. The summed E-state index contributed by atoms with van der Waals surface area (Å²) in [6.07, 6.45) is 0.801. The molecule has 1 aliphatic heterocycles. The van der Waals surface area contributed by atoms with Crippen LogP contribution in [0.3, 0.4) is 0 Å². The van der Waals surface area contributed by atoms with Crippen LogP contribution in [-0.2, 0) is 4.84 Å². The van der Waals surface area contributed by atoms with E-state index in [4.69, 9.17) is 10.6 Å². The third-order valence-corrected chi connectivity index (χ3v) is 2.61. The number of halogens is 1. The van der Waals surface area contributed by atoms with Gasteiger partial charge in [-0.25, -0.2) is 9.45 Å². The topological polar surface area (TPSA) is 55.6 Å². The van der Waals surface area contributed by atoms with Gasteiger partial charge in [0.1, 0.15) is 5.82 Å². The molecule has 0 bridgehead atoms. The summed E-state index contributed by atoms with van der Waals surface area (Å²) in [4.78, 5) is 16.9. The van der Waals surface area contributed by atoms with Gasteiger partial charge in [-0.15, -0.1) is 0 Å². The largest absolute Gasteiger partial charge is 0.398 e. The van der Waals surface area contributed by atoms with Crippen molar-refractivity contribution in [1.29, 1.82) is 0 Å². The Hall–Kier alpha value is -1.62. The van der Waals surface area contributed by atoms with Crippen LogP contribution in [0.5, 0.6) is 0 Å². The number of hydrogen-bond donors (Lipinski definition) is 1. The van der Waals surface area contributed by atoms with E-state index in [-0.39, 0.29) is 17.2 Å². The zero-order valence-electron chi connectivity index (χ0n) is 9.00. The van der Waals surface area contributed by atoms with Gasteiger partial charge >= 0.3 is 0 Å². The molecule has 16 heavy (non-hydrogen) atoms. The van der Waals surface area contributed by atoms with Crippen LogP contribution in [0.4, 0.5) is 10.1 Å². The molecule has 0 spiro atoms. The molecule has 86 valence electrons. The molecule has 1 saturated heterocycles. The summed E-state index contributed by atoms with van der Waals surface area (Å²) in [5.41, 5.74) is 6.47. The van der Waals surface area contributed by atoms with Gasteiger partial charge in [-0.3, -0.25) is 9.63 Å². The first kappa shape index (κ1) is 10.9. The maximum absolute atomic E-state index is 13.4. The summed E-state index contributed by atoms with van der Waals surface area (Å²) in [5.74, 6) is -0.814.